The van der Waals surface area contributed by atoms with E-state index in [0.29, 0.717) is 18.4 Å². The van der Waals surface area contributed by atoms with Gasteiger partial charge in [0.1, 0.15) is 0 Å². The van der Waals surface area contributed by atoms with E-state index in [4.69, 9.17) is 0 Å². The van der Waals surface area contributed by atoms with Crippen LogP contribution in [0, 0.1) is 5.92 Å². The third kappa shape index (κ3) is 3.66. The standard InChI is InChI=1S/C14H22N4O/c1-10(13(19)15-2)9-17-14-16-8-7-12(18-14)11-5-3-4-6-11/h7-8,10-11H,3-6,9H2,1-2H3,(H,15,19)(H,16,17,18)/t10-/m1/s1. The molecule has 0 aliphatic heterocycles. The van der Waals surface area contributed by atoms with Crippen molar-refractivity contribution in [2.45, 2.75) is 38.5 Å². The predicted molar refractivity (Wildman–Crippen MR) is 75.0 cm³/mol. The van der Waals surface area contributed by atoms with Gasteiger partial charge in [0.25, 0.3) is 0 Å². The summed E-state index contributed by atoms with van der Waals surface area (Å²) < 4.78 is 0. The van der Waals surface area contributed by atoms with E-state index in [1.54, 1.807) is 13.2 Å². The van der Waals surface area contributed by atoms with E-state index in [-0.39, 0.29) is 11.8 Å². The zero-order valence-electron chi connectivity index (χ0n) is 11.6. The van der Waals surface area contributed by atoms with E-state index in [1.165, 1.54) is 25.7 Å². The highest BCUT2D eigenvalue weighted by Crippen LogP contribution is 2.32. The lowest BCUT2D eigenvalue weighted by Gasteiger charge is -2.13. The van der Waals surface area contributed by atoms with Gasteiger partial charge in [-0.3, -0.25) is 4.79 Å². The summed E-state index contributed by atoms with van der Waals surface area (Å²) in [4.78, 5) is 20.2. The van der Waals surface area contributed by atoms with Crippen LogP contribution in [0.4, 0.5) is 5.95 Å². The largest absolute Gasteiger partial charge is 0.359 e. The summed E-state index contributed by atoms with van der Waals surface area (Å²) in [6, 6.07) is 2.00. The van der Waals surface area contributed by atoms with Crippen molar-refractivity contribution >= 4 is 11.9 Å². The van der Waals surface area contributed by atoms with Crippen molar-refractivity contribution in [3.8, 4) is 0 Å². The molecule has 104 valence electrons. The molecule has 0 spiro atoms. The second kappa shape index (κ2) is 6.50. The molecule has 0 radical (unpaired) electrons. The minimum Gasteiger partial charge on any atom is -0.359 e. The maximum Gasteiger partial charge on any atom is 0.224 e. The van der Waals surface area contributed by atoms with Gasteiger partial charge in [-0.25, -0.2) is 9.97 Å². The molecule has 1 amide bonds. The Morgan fingerprint density at radius 3 is 2.89 bits per heavy atom. The van der Waals surface area contributed by atoms with Crippen LogP contribution >= 0.6 is 0 Å². The molecule has 1 atom stereocenters. The number of nitrogens with one attached hydrogen (secondary N) is 2. The zero-order valence-corrected chi connectivity index (χ0v) is 11.6. The summed E-state index contributed by atoms with van der Waals surface area (Å²) in [6.07, 6.45) is 6.85. The van der Waals surface area contributed by atoms with Gasteiger partial charge in [0.05, 0.1) is 5.92 Å². The Morgan fingerprint density at radius 2 is 2.21 bits per heavy atom. The molecule has 0 unspecified atom stereocenters. The predicted octanol–water partition coefficient (Wildman–Crippen LogP) is 1.93. The van der Waals surface area contributed by atoms with Gasteiger partial charge in [-0.15, -0.1) is 0 Å². The number of anilines is 1. The first-order valence-electron chi connectivity index (χ1n) is 6.99. The smallest absolute Gasteiger partial charge is 0.224 e. The van der Waals surface area contributed by atoms with Crippen LogP contribution in [0.5, 0.6) is 0 Å². The van der Waals surface area contributed by atoms with Crippen molar-refractivity contribution < 1.29 is 4.79 Å². The Labute approximate surface area is 114 Å². The van der Waals surface area contributed by atoms with Crippen LogP contribution < -0.4 is 10.6 Å². The Bertz CT molecular complexity index is 429. The Kier molecular flexibility index (Phi) is 4.71. The van der Waals surface area contributed by atoms with Crippen molar-refractivity contribution in [1.29, 1.82) is 0 Å². The number of nitrogens with zero attached hydrogens (tertiary/aromatic N) is 2. The van der Waals surface area contributed by atoms with Gasteiger partial charge in [-0.1, -0.05) is 19.8 Å². The number of amides is 1. The maximum atomic E-state index is 11.4. The fourth-order valence-electron chi connectivity index (χ4n) is 2.49. The number of hydrogen-bond acceptors (Lipinski definition) is 4. The topological polar surface area (TPSA) is 66.9 Å². The molecular weight excluding hydrogens is 240 g/mol. The second-order valence-corrected chi connectivity index (χ2v) is 5.18. The Hall–Kier alpha value is -1.65. The van der Waals surface area contributed by atoms with Crippen LogP contribution in [0.1, 0.15) is 44.2 Å². The lowest BCUT2D eigenvalue weighted by molar-refractivity contribution is -0.123. The van der Waals surface area contributed by atoms with Crippen molar-refractivity contribution in [1.82, 2.24) is 15.3 Å². The fourth-order valence-corrected chi connectivity index (χ4v) is 2.49. The van der Waals surface area contributed by atoms with Crippen LogP contribution in [0.25, 0.3) is 0 Å². The molecule has 1 fully saturated rings. The molecule has 1 aromatic rings. The molecule has 0 aromatic carbocycles. The van der Waals surface area contributed by atoms with E-state index >= 15 is 0 Å². The summed E-state index contributed by atoms with van der Waals surface area (Å²) >= 11 is 0. The molecule has 1 saturated carbocycles. The molecule has 0 saturated heterocycles. The Morgan fingerprint density at radius 1 is 1.47 bits per heavy atom. The lowest BCUT2D eigenvalue weighted by Crippen LogP contribution is -2.30. The summed E-state index contributed by atoms with van der Waals surface area (Å²) in [6.45, 7) is 2.43. The minimum absolute atomic E-state index is 0.0273. The molecule has 5 nitrogen and oxygen atoms in total. The van der Waals surface area contributed by atoms with Gasteiger partial charge in [0, 0.05) is 31.4 Å². The highest BCUT2D eigenvalue weighted by Gasteiger charge is 2.19. The number of carbonyl (C=O) groups is 1. The highest BCUT2D eigenvalue weighted by molar-refractivity contribution is 5.78. The van der Waals surface area contributed by atoms with Gasteiger partial charge >= 0.3 is 0 Å². The molecule has 19 heavy (non-hydrogen) atoms. The monoisotopic (exact) mass is 262 g/mol. The first kappa shape index (κ1) is 13.8. The Balaban J connectivity index is 1.93. The van der Waals surface area contributed by atoms with Gasteiger partial charge < -0.3 is 10.6 Å². The quantitative estimate of drug-likeness (QED) is 0.851. The molecule has 1 heterocycles. The second-order valence-electron chi connectivity index (χ2n) is 5.18. The van der Waals surface area contributed by atoms with Gasteiger partial charge in [-0.2, -0.15) is 0 Å². The molecule has 2 N–H and O–H groups in total. The molecular formula is C14H22N4O. The van der Waals surface area contributed by atoms with E-state index in [1.807, 2.05) is 13.0 Å². The molecule has 2 rings (SSSR count). The van der Waals surface area contributed by atoms with E-state index in [9.17, 15) is 4.79 Å². The van der Waals surface area contributed by atoms with E-state index in [0.717, 1.165) is 5.69 Å². The van der Waals surface area contributed by atoms with Gasteiger partial charge in [-0.05, 0) is 18.9 Å². The van der Waals surface area contributed by atoms with E-state index in [2.05, 4.69) is 20.6 Å². The molecule has 0 bridgehead atoms. The molecule has 1 aliphatic rings. The highest BCUT2D eigenvalue weighted by atomic mass is 16.1. The minimum atomic E-state index is -0.0938. The number of hydrogen-bond donors (Lipinski definition) is 2. The van der Waals surface area contributed by atoms with Crippen LogP contribution in [-0.4, -0.2) is 29.5 Å². The molecule has 1 aromatic heterocycles. The molecule has 5 heteroatoms. The van der Waals surface area contributed by atoms with Crippen molar-refractivity contribution in [2.75, 3.05) is 18.9 Å². The van der Waals surface area contributed by atoms with Crippen molar-refractivity contribution in [2.24, 2.45) is 5.92 Å². The van der Waals surface area contributed by atoms with Crippen molar-refractivity contribution in [3.05, 3.63) is 18.0 Å². The van der Waals surface area contributed by atoms with Crippen LogP contribution in [0.3, 0.4) is 0 Å². The first-order chi connectivity index (χ1) is 9.20. The van der Waals surface area contributed by atoms with Crippen LogP contribution in [-0.2, 0) is 4.79 Å². The number of aromatic nitrogens is 2. The maximum absolute atomic E-state index is 11.4. The average Bonchev–Trinajstić information content (AvgIpc) is 2.98. The summed E-state index contributed by atoms with van der Waals surface area (Å²) in [5.41, 5.74) is 1.13. The molecule has 1 aliphatic carbocycles. The van der Waals surface area contributed by atoms with E-state index < -0.39 is 0 Å². The summed E-state index contributed by atoms with van der Waals surface area (Å²) in [5, 5.41) is 5.78. The normalized spacial score (nSPS) is 17.2. The SMILES string of the molecule is CNC(=O)[C@H](C)CNc1nccc(C2CCCC2)n1. The van der Waals surface area contributed by atoms with Crippen LogP contribution in [0.15, 0.2) is 12.3 Å². The number of carbonyl (C=O) groups excluding carboxylic acids is 1. The number of rotatable bonds is 5. The zero-order chi connectivity index (χ0) is 13.7. The fraction of sp³-hybridized carbons (Fsp3) is 0.643. The van der Waals surface area contributed by atoms with Crippen molar-refractivity contribution in [3.63, 3.8) is 0 Å². The lowest BCUT2D eigenvalue weighted by atomic mass is 10.0. The first-order valence-corrected chi connectivity index (χ1v) is 6.99. The van der Waals surface area contributed by atoms with Gasteiger partial charge in [0.15, 0.2) is 0 Å². The summed E-state index contributed by atoms with van der Waals surface area (Å²) in [7, 11) is 1.65. The third-order valence-electron chi connectivity index (χ3n) is 3.71. The van der Waals surface area contributed by atoms with Gasteiger partial charge in [0.2, 0.25) is 11.9 Å². The van der Waals surface area contributed by atoms with Crippen LogP contribution in [0.2, 0.25) is 0 Å². The summed E-state index contributed by atoms with van der Waals surface area (Å²) in [5.74, 6) is 1.14. The third-order valence-corrected chi connectivity index (χ3v) is 3.71. The average molecular weight is 262 g/mol.